The Balaban J connectivity index is 2.23. The van der Waals surface area contributed by atoms with Gasteiger partial charge >= 0.3 is 0 Å². The summed E-state index contributed by atoms with van der Waals surface area (Å²) in [6.07, 6.45) is 3.58. The highest BCUT2D eigenvalue weighted by atomic mass is 35.5. The first-order valence-electron chi connectivity index (χ1n) is 3.31. The van der Waals surface area contributed by atoms with Crippen LogP contribution in [0.4, 0.5) is 0 Å². The van der Waals surface area contributed by atoms with E-state index in [1.54, 1.807) is 4.68 Å². The van der Waals surface area contributed by atoms with E-state index in [1.165, 1.54) is 6.42 Å². The Labute approximate surface area is 63.2 Å². The SMILES string of the molecule is Clc1nnnn1C1CCC1. The number of rotatable bonds is 1. The van der Waals surface area contributed by atoms with Crippen LogP contribution in [0.2, 0.25) is 5.28 Å². The Morgan fingerprint density at radius 2 is 2.30 bits per heavy atom. The van der Waals surface area contributed by atoms with Crippen LogP contribution in [0, 0.1) is 0 Å². The largest absolute Gasteiger partial charge is 0.243 e. The average molecular weight is 159 g/mol. The fourth-order valence-corrected chi connectivity index (χ4v) is 1.24. The summed E-state index contributed by atoms with van der Waals surface area (Å²) in [4.78, 5) is 0. The number of halogens is 1. The lowest BCUT2D eigenvalue weighted by atomic mass is 9.94. The van der Waals surface area contributed by atoms with Gasteiger partial charge in [-0.15, -0.1) is 0 Å². The molecule has 4 nitrogen and oxygen atoms in total. The first kappa shape index (κ1) is 6.09. The van der Waals surface area contributed by atoms with Gasteiger partial charge < -0.3 is 0 Å². The molecule has 1 fully saturated rings. The highest BCUT2D eigenvalue weighted by Crippen LogP contribution is 2.31. The van der Waals surface area contributed by atoms with Gasteiger partial charge in [-0.2, -0.15) is 0 Å². The molecule has 0 N–H and O–H groups in total. The second kappa shape index (κ2) is 2.20. The molecule has 0 atom stereocenters. The Hall–Kier alpha value is -0.640. The molecular weight excluding hydrogens is 152 g/mol. The maximum Gasteiger partial charge on any atom is 0.243 e. The molecule has 0 amide bonds. The van der Waals surface area contributed by atoms with E-state index in [9.17, 15) is 0 Å². The molecular formula is C5H7ClN4. The molecule has 1 aliphatic carbocycles. The van der Waals surface area contributed by atoms with Crippen molar-refractivity contribution in [3.05, 3.63) is 5.28 Å². The summed E-state index contributed by atoms with van der Waals surface area (Å²) in [5.41, 5.74) is 0. The highest BCUT2D eigenvalue weighted by molar-refractivity contribution is 6.28. The van der Waals surface area contributed by atoms with Crippen molar-refractivity contribution < 1.29 is 0 Å². The van der Waals surface area contributed by atoms with Gasteiger partial charge in [-0.3, -0.25) is 0 Å². The van der Waals surface area contributed by atoms with Crippen LogP contribution >= 0.6 is 11.6 Å². The first-order chi connectivity index (χ1) is 4.88. The zero-order valence-corrected chi connectivity index (χ0v) is 6.12. The molecule has 0 aromatic carbocycles. The number of nitrogens with zero attached hydrogens (tertiary/aromatic N) is 4. The molecule has 1 aliphatic rings. The molecule has 0 bridgehead atoms. The molecule has 0 unspecified atom stereocenters. The third-order valence-electron chi connectivity index (χ3n) is 1.87. The van der Waals surface area contributed by atoms with E-state index in [0.29, 0.717) is 11.3 Å². The molecule has 10 heavy (non-hydrogen) atoms. The van der Waals surface area contributed by atoms with Crippen molar-refractivity contribution in [2.24, 2.45) is 0 Å². The van der Waals surface area contributed by atoms with Crippen molar-refractivity contribution in [2.45, 2.75) is 25.3 Å². The minimum atomic E-state index is 0.407. The normalized spacial score (nSPS) is 18.9. The number of aromatic nitrogens is 4. The predicted octanol–water partition coefficient (Wildman–Crippen LogP) is 1.05. The summed E-state index contributed by atoms with van der Waals surface area (Å²) in [7, 11) is 0. The maximum absolute atomic E-state index is 5.67. The van der Waals surface area contributed by atoms with Crippen LogP contribution in [-0.4, -0.2) is 20.2 Å². The fraction of sp³-hybridized carbons (Fsp3) is 0.800. The van der Waals surface area contributed by atoms with Crippen LogP contribution < -0.4 is 0 Å². The van der Waals surface area contributed by atoms with E-state index in [4.69, 9.17) is 11.6 Å². The summed E-state index contributed by atoms with van der Waals surface area (Å²) >= 11 is 5.67. The lowest BCUT2D eigenvalue weighted by molar-refractivity contribution is 0.285. The number of hydrogen-bond donors (Lipinski definition) is 0. The van der Waals surface area contributed by atoms with Crippen molar-refractivity contribution in [1.29, 1.82) is 0 Å². The van der Waals surface area contributed by atoms with E-state index in [1.807, 2.05) is 0 Å². The lowest BCUT2D eigenvalue weighted by Crippen LogP contribution is -2.18. The van der Waals surface area contributed by atoms with Crippen LogP contribution in [0.1, 0.15) is 25.3 Å². The molecule has 1 aromatic heterocycles. The van der Waals surface area contributed by atoms with Crippen LogP contribution in [0.25, 0.3) is 0 Å². The van der Waals surface area contributed by atoms with Crippen LogP contribution in [0.3, 0.4) is 0 Å². The van der Waals surface area contributed by atoms with Crippen molar-refractivity contribution in [1.82, 2.24) is 20.2 Å². The molecule has 0 spiro atoms. The molecule has 5 heteroatoms. The quantitative estimate of drug-likeness (QED) is 0.614. The minimum Gasteiger partial charge on any atom is -0.213 e. The summed E-state index contributed by atoms with van der Waals surface area (Å²) < 4.78 is 1.69. The van der Waals surface area contributed by atoms with Crippen molar-refractivity contribution in [2.75, 3.05) is 0 Å². The lowest BCUT2D eigenvalue weighted by Gasteiger charge is -2.24. The third-order valence-corrected chi connectivity index (χ3v) is 2.12. The van der Waals surface area contributed by atoms with Crippen LogP contribution in [0.5, 0.6) is 0 Å². The fourth-order valence-electron chi connectivity index (χ4n) is 1.04. The summed E-state index contributed by atoms with van der Waals surface area (Å²) in [6.45, 7) is 0. The van der Waals surface area contributed by atoms with Crippen LogP contribution in [-0.2, 0) is 0 Å². The van der Waals surface area contributed by atoms with Gasteiger partial charge in [-0.05, 0) is 41.3 Å². The van der Waals surface area contributed by atoms with Gasteiger partial charge in [0.25, 0.3) is 0 Å². The monoisotopic (exact) mass is 158 g/mol. The van der Waals surface area contributed by atoms with E-state index in [-0.39, 0.29) is 0 Å². The summed E-state index contributed by atoms with van der Waals surface area (Å²) in [6, 6.07) is 0.461. The van der Waals surface area contributed by atoms with Gasteiger partial charge in [0.15, 0.2) is 0 Å². The van der Waals surface area contributed by atoms with Crippen molar-refractivity contribution in [3.8, 4) is 0 Å². The number of tetrazole rings is 1. The van der Waals surface area contributed by atoms with Crippen molar-refractivity contribution >= 4 is 11.6 Å². The standard InChI is InChI=1S/C5H7ClN4/c6-5-7-8-9-10(5)4-2-1-3-4/h4H,1-3H2. The zero-order chi connectivity index (χ0) is 6.97. The first-order valence-corrected chi connectivity index (χ1v) is 3.69. The van der Waals surface area contributed by atoms with Crippen molar-refractivity contribution in [3.63, 3.8) is 0 Å². The Morgan fingerprint density at radius 3 is 2.70 bits per heavy atom. The predicted molar refractivity (Wildman–Crippen MR) is 35.7 cm³/mol. The highest BCUT2D eigenvalue weighted by Gasteiger charge is 2.22. The molecule has 0 saturated heterocycles. The minimum absolute atomic E-state index is 0.407. The molecule has 1 saturated carbocycles. The smallest absolute Gasteiger partial charge is 0.213 e. The van der Waals surface area contributed by atoms with Gasteiger partial charge in [-0.1, -0.05) is 5.10 Å². The Bertz CT molecular complexity index is 229. The number of hydrogen-bond acceptors (Lipinski definition) is 3. The van der Waals surface area contributed by atoms with Gasteiger partial charge in [0, 0.05) is 0 Å². The van der Waals surface area contributed by atoms with Gasteiger partial charge in [0.2, 0.25) is 5.28 Å². The second-order valence-electron chi connectivity index (χ2n) is 2.48. The molecule has 2 rings (SSSR count). The molecule has 0 radical (unpaired) electrons. The summed E-state index contributed by atoms with van der Waals surface area (Å²) in [5.74, 6) is 0. The second-order valence-corrected chi connectivity index (χ2v) is 2.82. The Morgan fingerprint density at radius 1 is 1.50 bits per heavy atom. The summed E-state index contributed by atoms with van der Waals surface area (Å²) in [5, 5.41) is 11.2. The third kappa shape index (κ3) is 0.794. The van der Waals surface area contributed by atoms with E-state index in [2.05, 4.69) is 15.5 Å². The maximum atomic E-state index is 5.67. The average Bonchev–Trinajstić information content (AvgIpc) is 2.12. The Kier molecular flexibility index (Phi) is 1.34. The van der Waals surface area contributed by atoms with Gasteiger partial charge in [0.05, 0.1) is 6.04 Å². The van der Waals surface area contributed by atoms with Gasteiger partial charge in [0.1, 0.15) is 0 Å². The van der Waals surface area contributed by atoms with Gasteiger partial charge in [-0.25, -0.2) is 4.68 Å². The zero-order valence-electron chi connectivity index (χ0n) is 5.37. The topological polar surface area (TPSA) is 43.6 Å². The van der Waals surface area contributed by atoms with E-state index < -0.39 is 0 Å². The molecule has 54 valence electrons. The van der Waals surface area contributed by atoms with Crippen LogP contribution in [0.15, 0.2) is 0 Å². The molecule has 1 heterocycles. The van der Waals surface area contributed by atoms with E-state index in [0.717, 1.165) is 12.8 Å². The molecule has 1 aromatic rings. The molecule has 0 aliphatic heterocycles. The van der Waals surface area contributed by atoms with E-state index >= 15 is 0 Å².